The fourth-order valence-corrected chi connectivity index (χ4v) is 2.74. The van der Waals surface area contributed by atoms with Crippen LogP contribution in [0, 0.1) is 0 Å². The Balaban J connectivity index is 1.83. The van der Waals surface area contributed by atoms with E-state index in [2.05, 4.69) is 10.2 Å². The van der Waals surface area contributed by atoms with Gasteiger partial charge >= 0.3 is 0 Å². The molecule has 1 saturated heterocycles. The van der Waals surface area contributed by atoms with Gasteiger partial charge in [-0.05, 0) is 24.6 Å². The van der Waals surface area contributed by atoms with Crippen molar-refractivity contribution in [3.63, 3.8) is 0 Å². The van der Waals surface area contributed by atoms with Crippen LogP contribution < -0.4 is 14.8 Å². The molecule has 0 atom stereocenters. The third-order valence-electron chi connectivity index (χ3n) is 3.62. The number of methoxy groups -OCH3 is 1. The summed E-state index contributed by atoms with van der Waals surface area (Å²) in [6.07, 6.45) is 0. The summed E-state index contributed by atoms with van der Waals surface area (Å²) in [4.78, 5) is 2.41. The van der Waals surface area contributed by atoms with E-state index in [4.69, 9.17) is 25.8 Å². The Hall–Kier alpha value is -1.01. The van der Waals surface area contributed by atoms with Crippen molar-refractivity contribution in [2.24, 2.45) is 0 Å². The van der Waals surface area contributed by atoms with Crippen LogP contribution in [0.3, 0.4) is 0 Å². The first-order valence-electron chi connectivity index (χ1n) is 7.74. The molecule has 1 fully saturated rings. The second-order valence-electron chi connectivity index (χ2n) is 5.17. The molecular formula is C16H25ClN2O3. The summed E-state index contributed by atoms with van der Waals surface area (Å²) in [5.41, 5.74) is 1.09. The van der Waals surface area contributed by atoms with Crippen molar-refractivity contribution >= 4 is 11.6 Å². The van der Waals surface area contributed by atoms with E-state index in [0.29, 0.717) is 23.1 Å². The number of rotatable bonds is 8. The van der Waals surface area contributed by atoms with Crippen molar-refractivity contribution in [3.05, 3.63) is 22.7 Å². The quantitative estimate of drug-likeness (QED) is 0.741. The lowest BCUT2D eigenvalue weighted by Gasteiger charge is -2.26. The molecule has 124 valence electrons. The maximum atomic E-state index is 6.27. The molecular weight excluding hydrogens is 304 g/mol. The molecule has 0 spiro atoms. The first-order valence-corrected chi connectivity index (χ1v) is 8.12. The number of benzene rings is 1. The van der Waals surface area contributed by atoms with E-state index in [1.165, 1.54) is 0 Å². The lowest BCUT2D eigenvalue weighted by atomic mass is 10.2. The SMILES string of the molecule is CCOc1c(Cl)cc(CNCCN2CCOCC2)cc1OC. The van der Waals surface area contributed by atoms with E-state index >= 15 is 0 Å². The summed E-state index contributed by atoms with van der Waals surface area (Å²) < 4.78 is 16.2. The van der Waals surface area contributed by atoms with Crippen LogP contribution in [0.25, 0.3) is 0 Å². The van der Waals surface area contributed by atoms with Gasteiger partial charge in [0.05, 0.1) is 32.0 Å². The molecule has 0 aliphatic carbocycles. The Morgan fingerprint density at radius 3 is 2.77 bits per heavy atom. The first-order chi connectivity index (χ1) is 10.7. The molecule has 5 nitrogen and oxygen atoms in total. The van der Waals surface area contributed by atoms with Crippen LogP contribution >= 0.6 is 11.6 Å². The summed E-state index contributed by atoms with van der Waals surface area (Å²) in [5, 5.41) is 4.03. The van der Waals surface area contributed by atoms with Crippen LogP contribution in [0.1, 0.15) is 12.5 Å². The van der Waals surface area contributed by atoms with Gasteiger partial charge in [-0.2, -0.15) is 0 Å². The average molecular weight is 329 g/mol. The standard InChI is InChI=1S/C16H25ClN2O3/c1-3-22-16-14(17)10-13(11-15(16)20-2)12-18-4-5-19-6-8-21-9-7-19/h10-11,18H,3-9,12H2,1-2H3. The summed E-state index contributed by atoms with van der Waals surface area (Å²) in [6, 6.07) is 3.90. The summed E-state index contributed by atoms with van der Waals surface area (Å²) in [7, 11) is 1.63. The number of ether oxygens (including phenoxy) is 3. The lowest BCUT2D eigenvalue weighted by Crippen LogP contribution is -2.40. The van der Waals surface area contributed by atoms with Crippen molar-refractivity contribution < 1.29 is 14.2 Å². The second-order valence-corrected chi connectivity index (χ2v) is 5.58. The molecule has 1 N–H and O–H groups in total. The third kappa shape index (κ3) is 5.02. The zero-order valence-electron chi connectivity index (χ0n) is 13.4. The van der Waals surface area contributed by atoms with Gasteiger partial charge in [-0.15, -0.1) is 0 Å². The molecule has 0 unspecified atom stereocenters. The molecule has 1 aliphatic rings. The molecule has 22 heavy (non-hydrogen) atoms. The molecule has 1 aromatic carbocycles. The molecule has 1 aliphatic heterocycles. The number of hydrogen-bond acceptors (Lipinski definition) is 5. The van der Waals surface area contributed by atoms with Crippen LogP contribution in [0.2, 0.25) is 5.02 Å². The topological polar surface area (TPSA) is 43.0 Å². The molecule has 1 heterocycles. The van der Waals surface area contributed by atoms with E-state index in [-0.39, 0.29) is 0 Å². The minimum absolute atomic E-state index is 0.563. The van der Waals surface area contributed by atoms with E-state index in [9.17, 15) is 0 Å². The van der Waals surface area contributed by atoms with Gasteiger partial charge in [-0.1, -0.05) is 11.6 Å². The van der Waals surface area contributed by atoms with Crippen LogP contribution in [0.15, 0.2) is 12.1 Å². The Bertz CT molecular complexity index is 465. The molecule has 0 radical (unpaired) electrons. The molecule has 0 bridgehead atoms. The van der Waals surface area contributed by atoms with Crippen molar-refractivity contribution in [1.82, 2.24) is 10.2 Å². The van der Waals surface area contributed by atoms with E-state index in [1.807, 2.05) is 19.1 Å². The van der Waals surface area contributed by atoms with Crippen LogP contribution in [-0.2, 0) is 11.3 Å². The molecule has 0 aromatic heterocycles. The smallest absolute Gasteiger partial charge is 0.179 e. The largest absolute Gasteiger partial charge is 0.493 e. The maximum absolute atomic E-state index is 6.27. The highest BCUT2D eigenvalue weighted by Crippen LogP contribution is 2.36. The highest BCUT2D eigenvalue weighted by Gasteiger charge is 2.12. The lowest BCUT2D eigenvalue weighted by molar-refractivity contribution is 0.0384. The Kier molecular flexibility index (Phi) is 7.25. The monoisotopic (exact) mass is 328 g/mol. The van der Waals surface area contributed by atoms with Gasteiger partial charge in [0.15, 0.2) is 11.5 Å². The van der Waals surface area contributed by atoms with Crippen molar-refractivity contribution in [2.75, 3.05) is 53.1 Å². The number of nitrogens with zero attached hydrogens (tertiary/aromatic N) is 1. The van der Waals surface area contributed by atoms with E-state index in [0.717, 1.165) is 51.5 Å². The second kappa shape index (κ2) is 9.20. The van der Waals surface area contributed by atoms with Crippen LogP contribution in [0.5, 0.6) is 11.5 Å². The number of morpholine rings is 1. The van der Waals surface area contributed by atoms with Gasteiger partial charge in [0.1, 0.15) is 0 Å². The van der Waals surface area contributed by atoms with E-state index < -0.39 is 0 Å². The van der Waals surface area contributed by atoms with Gasteiger partial charge in [-0.3, -0.25) is 4.90 Å². The van der Waals surface area contributed by atoms with Crippen LogP contribution in [-0.4, -0.2) is 58.0 Å². The highest BCUT2D eigenvalue weighted by molar-refractivity contribution is 6.32. The summed E-state index contributed by atoms with van der Waals surface area (Å²) in [5.74, 6) is 1.29. The normalized spacial score (nSPS) is 15.8. The predicted octanol–water partition coefficient (Wildman–Crippen LogP) is 2.17. The van der Waals surface area contributed by atoms with Crippen molar-refractivity contribution in [1.29, 1.82) is 0 Å². The fourth-order valence-electron chi connectivity index (χ4n) is 2.45. The average Bonchev–Trinajstić information content (AvgIpc) is 2.55. The summed E-state index contributed by atoms with van der Waals surface area (Å²) >= 11 is 6.27. The maximum Gasteiger partial charge on any atom is 0.179 e. The number of hydrogen-bond donors (Lipinski definition) is 1. The first kappa shape index (κ1) is 17.3. The van der Waals surface area contributed by atoms with Gasteiger partial charge in [0.2, 0.25) is 0 Å². The van der Waals surface area contributed by atoms with Crippen molar-refractivity contribution in [2.45, 2.75) is 13.5 Å². The van der Waals surface area contributed by atoms with Crippen LogP contribution in [0.4, 0.5) is 0 Å². The summed E-state index contributed by atoms with van der Waals surface area (Å²) in [6.45, 7) is 8.93. The zero-order chi connectivity index (χ0) is 15.8. The molecule has 2 rings (SSSR count). The van der Waals surface area contributed by atoms with Crippen molar-refractivity contribution in [3.8, 4) is 11.5 Å². The number of halogens is 1. The minimum atomic E-state index is 0.563. The predicted molar refractivity (Wildman–Crippen MR) is 88.1 cm³/mol. The van der Waals surface area contributed by atoms with E-state index in [1.54, 1.807) is 7.11 Å². The van der Waals surface area contributed by atoms with Gasteiger partial charge < -0.3 is 19.5 Å². The molecule has 6 heteroatoms. The molecule has 0 amide bonds. The fraction of sp³-hybridized carbons (Fsp3) is 0.625. The zero-order valence-corrected chi connectivity index (χ0v) is 14.1. The van der Waals surface area contributed by atoms with Gasteiger partial charge in [0, 0.05) is 32.7 Å². The molecule has 0 saturated carbocycles. The van der Waals surface area contributed by atoms with Gasteiger partial charge in [0.25, 0.3) is 0 Å². The number of nitrogens with one attached hydrogen (secondary N) is 1. The van der Waals surface area contributed by atoms with Gasteiger partial charge in [-0.25, -0.2) is 0 Å². The minimum Gasteiger partial charge on any atom is -0.493 e. The Morgan fingerprint density at radius 2 is 2.09 bits per heavy atom. The molecule has 1 aromatic rings. The Morgan fingerprint density at radius 1 is 1.32 bits per heavy atom. The highest BCUT2D eigenvalue weighted by atomic mass is 35.5. The Labute approximate surface area is 137 Å². The third-order valence-corrected chi connectivity index (χ3v) is 3.90.